The predicted octanol–water partition coefficient (Wildman–Crippen LogP) is 6.05. The van der Waals surface area contributed by atoms with Gasteiger partial charge in [-0.25, -0.2) is 4.79 Å². The van der Waals surface area contributed by atoms with E-state index in [0.29, 0.717) is 6.61 Å². The summed E-state index contributed by atoms with van der Waals surface area (Å²) < 4.78 is 5.14. The maximum atomic E-state index is 11.9. The Bertz CT molecular complexity index is 518. The van der Waals surface area contributed by atoms with Gasteiger partial charge in [0, 0.05) is 0 Å². The number of phenols is 3. The van der Waals surface area contributed by atoms with E-state index in [4.69, 9.17) is 4.74 Å². The number of carbonyl (C=O) groups is 1. The van der Waals surface area contributed by atoms with Crippen molar-refractivity contribution in [3.8, 4) is 17.2 Å². The van der Waals surface area contributed by atoms with Crippen LogP contribution in [0, 0.1) is 0 Å². The number of hydrogen-bond donors (Lipinski definition) is 3. The number of aromatic hydroxyl groups is 3. The van der Waals surface area contributed by atoms with Crippen LogP contribution < -0.4 is 0 Å². The molecule has 1 aromatic carbocycles. The molecule has 1 rings (SSSR count). The largest absolute Gasteiger partial charge is 0.504 e. The highest BCUT2D eigenvalue weighted by Gasteiger charge is 2.14. The van der Waals surface area contributed by atoms with E-state index in [2.05, 4.69) is 6.92 Å². The first-order valence-electron chi connectivity index (χ1n) is 10.5. The summed E-state index contributed by atoms with van der Waals surface area (Å²) in [6.45, 7) is 2.57. The molecule has 0 spiro atoms. The molecule has 27 heavy (non-hydrogen) atoms. The van der Waals surface area contributed by atoms with Crippen molar-refractivity contribution >= 4 is 5.97 Å². The molecule has 0 saturated heterocycles. The molecule has 0 bridgehead atoms. The monoisotopic (exact) mass is 380 g/mol. The first kappa shape index (κ1) is 23.1. The summed E-state index contributed by atoms with van der Waals surface area (Å²) in [5, 5.41) is 28.1. The first-order chi connectivity index (χ1) is 13.1. The quantitative estimate of drug-likeness (QED) is 0.196. The molecule has 1 aromatic rings. The molecule has 0 atom stereocenters. The van der Waals surface area contributed by atoms with E-state index in [1.54, 1.807) is 0 Å². The Balaban J connectivity index is 1.96. The van der Waals surface area contributed by atoms with Gasteiger partial charge in [-0.2, -0.15) is 0 Å². The van der Waals surface area contributed by atoms with Crippen molar-refractivity contribution < 1.29 is 24.9 Å². The fraction of sp³-hybridized carbons (Fsp3) is 0.682. The summed E-state index contributed by atoms with van der Waals surface area (Å²) >= 11 is 0. The van der Waals surface area contributed by atoms with Crippen molar-refractivity contribution in [3.05, 3.63) is 17.7 Å². The van der Waals surface area contributed by atoms with E-state index in [-0.39, 0.29) is 5.56 Å². The Kier molecular flexibility index (Phi) is 12.2. The van der Waals surface area contributed by atoms with Crippen LogP contribution in [0.15, 0.2) is 12.1 Å². The third-order valence-electron chi connectivity index (χ3n) is 4.79. The summed E-state index contributed by atoms with van der Waals surface area (Å²) in [4.78, 5) is 11.9. The van der Waals surface area contributed by atoms with Crippen LogP contribution in [0.25, 0.3) is 0 Å². The summed E-state index contributed by atoms with van der Waals surface area (Å²) in [6.07, 6.45) is 16.3. The van der Waals surface area contributed by atoms with E-state index < -0.39 is 23.2 Å². The summed E-state index contributed by atoms with van der Waals surface area (Å²) in [5.74, 6) is -2.33. The van der Waals surface area contributed by atoms with Crippen molar-refractivity contribution in [2.75, 3.05) is 6.61 Å². The van der Waals surface area contributed by atoms with Gasteiger partial charge in [0.05, 0.1) is 12.2 Å². The van der Waals surface area contributed by atoms with Gasteiger partial charge in [0.15, 0.2) is 17.2 Å². The number of unbranched alkanes of at least 4 members (excludes halogenated alkanes) is 12. The molecule has 0 fully saturated rings. The molecule has 0 saturated carbocycles. The van der Waals surface area contributed by atoms with Gasteiger partial charge >= 0.3 is 5.97 Å². The number of esters is 1. The third kappa shape index (κ3) is 10.1. The normalized spacial score (nSPS) is 10.9. The first-order valence-corrected chi connectivity index (χ1v) is 10.5. The van der Waals surface area contributed by atoms with Gasteiger partial charge in [0.1, 0.15) is 0 Å². The van der Waals surface area contributed by atoms with Gasteiger partial charge in [-0.15, -0.1) is 0 Å². The standard InChI is InChI=1S/C22H36O5/c1-2-3-4-5-6-7-8-9-10-11-12-13-14-15-27-22(26)18-16-19(23)21(25)20(24)17-18/h16-17,23-25H,2-15H2,1H3. The van der Waals surface area contributed by atoms with E-state index >= 15 is 0 Å². The highest BCUT2D eigenvalue weighted by atomic mass is 16.5. The highest BCUT2D eigenvalue weighted by molar-refractivity contribution is 5.91. The smallest absolute Gasteiger partial charge is 0.338 e. The van der Waals surface area contributed by atoms with Crippen LogP contribution in [0.2, 0.25) is 0 Å². The minimum atomic E-state index is -0.636. The number of benzene rings is 1. The van der Waals surface area contributed by atoms with E-state index in [0.717, 1.165) is 31.4 Å². The molecular weight excluding hydrogens is 344 g/mol. The van der Waals surface area contributed by atoms with E-state index in [9.17, 15) is 20.1 Å². The molecule has 0 radical (unpaired) electrons. The van der Waals surface area contributed by atoms with Crippen LogP contribution in [0.1, 0.15) is 101 Å². The van der Waals surface area contributed by atoms with Gasteiger partial charge in [-0.05, 0) is 18.6 Å². The summed E-state index contributed by atoms with van der Waals surface area (Å²) in [6, 6.07) is 2.17. The van der Waals surface area contributed by atoms with Gasteiger partial charge in [0.25, 0.3) is 0 Å². The Morgan fingerprint density at radius 2 is 1.15 bits per heavy atom. The van der Waals surface area contributed by atoms with Crippen LogP contribution >= 0.6 is 0 Å². The average Bonchev–Trinajstić information content (AvgIpc) is 2.65. The molecule has 3 N–H and O–H groups in total. The molecule has 0 amide bonds. The Hall–Kier alpha value is -1.91. The number of hydrogen-bond acceptors (Lipinski definition) is 5. The zero-order chi connectivity index (χ0) is 19.9. The van der Waals surface area contributed by atoms with Gasteiger partial charge in [-0.3, -0.25) is 0 Å². The van der Waals surface area contributed by atoms with Gasteiger partial charge < -0.3 is 20.1 Å². The Morgan fingerprint density at radius 3 is 1.59 bits per heavy atom. The zero-order valence-electron chi connectivity index (χ0n) is 16.7. The number of ether oxygens (including phenoxy) is 1. The van der Waals surface area contributed by atoms with Crippen molar-refractivity contribution in [2.24, 2.45) is 0 Å². The zero-order valence-corrected chi connectivity index (χ0v) is 16.7. The SMILES string of the molecule is CCCCCCCCCCCCCCCOC(=O)c1cc(O)c(O)c(O)c1. The molecular formula is C22H36O5. The molecule has 5 heteroatoms. The van der Waals surface area contributed by atoms with E-state index in [1.807, 2.05) is 0 Å². The maximum absolute atomic E-state index is 11.9. The van der Waals surface area contributed by atoms with Crippen LogP contribution in [-0.4, -0.2) is 27.9 Å². The minimum Gasteiger partial charge on any atom is -0.504 e. The lowest BCUT2D eigenvalue weighted by Gasteiger charge is -2.07. The number of rotatable bonds is 15. The molecule has 0 aliphatic carbocycles. The van der Waals surface area contributed by atoms with Gasteiger partial charge in [-0.1, -0.05) is 84.0 Å². The predicted molar refractivity (Wildman–Crippen MR) is 107 cm³/mol. The second kappa shape index (κ2) is 14.2. The number of carbonyl (C=O) groups excluding carboxylic acids is 1. The fourth-order valence-electron chi connectivity index (χ4n) is 3.09. The van der Waals surface area contributed by atoms with Crippen molar-refractivity contribution in [1.82, 2.24) is 0 Å². The Labute approximate surface area is 163 Å². The van der Waals surface area contributed by atoms with Crippen molar-refractivity contribution in [2.45, 2.75) is 90.4 Å². The maximum Gasteiger partial charge on any atom is 0.338 e. The van der Waals surface area contributed by atoms with Crippen LogP contribution in [-0.2, 0) is 4.74 Å². The van der Waals surface area contributed by atoms with Crippen molar-refractivity contribution in [3.63, 3.8) is 0 Å². The molecule has 0 aliphatic heterocycles. The second-order valence-corrected chi connectivity index (χ2v) is 7.24. The Morgan fingerprint density at radius 1 is 0.741 bits per heavy atom. The molecule has 0 aromatic heterocycles. The van der Waals surface area contributed by atoms with Crippen LogP contribution in [0.3, 0.4) is 0 Å². The minimum absolute atomic E-state index is 0.0255. The molecule has 0 aliphatic rings. The number of phenolic OH excluding ortho intramolecular Hbond substituents is 3. The van der Waals surface area contributed by atoms with E-state index in [1.165, 1.54) is 64.2 Å². The molecule has 154 valence electrons. The van der Waals surface area contributed by atoms with Crippen LogP contribution in [0.4, 0.5) is 0 Å². The highest BCUT2D eigenvalue weighted by Crippen LogP contribution is 2.35. The van der Waals surface area contributed by atoms with Crippen molar-refractivity contribution in [1.29, 1.82) is 0 Å². The fourth-order valence-corrected chi connectivity index (χ4v) is 3.09. The average molecular weight is 381 g/mol. The lowest BCUT2D eigenvalue weighted by molar-refractivity contribution is 0.0496. The molecule has 0 heterocycles. The molecule has 5 nitrogen and oxygen atoms in total. The topological polar surface area (TPSA) is 87.0 Å². The van der Waals surface area contributed by atoms with Crippen LogP contribution in [0.5, 0.6) is 17.2 Å². The summed E-state index contributed by atoms with van der Waals surface area (Å²) in [7, 11) is 0. The molecule has 0 unspecified atom stereocenters. The van der Waals surface area contributed by atoms with Gasteiger partial charge in [0.2, 0.25) is 0 Å². The lowest BCUT2D eigenvalue weighted by atomic mass is 10.0. The second-order valence-electron chi connectivity index (χ2n) is 7.24. The summed E-state index contributed by atoms with van der Waals surface area (Å²) in [5.41, 5.74) is 0.0255. The lowest BCUT2D eigenvalue weighted by Crippen LogP contribution is -2.06. The third-order valence-corrected chi connectivity index (χ3v) is 4.79.